The van der Waals surface area contributed by atoms with E-state index >= 15 is 0 Å². The second kappa shape index (κ2) is 4.80. The van der Waals surface area contributed by atoms with Crippen LogP contribution in [0.15, 0.2) is 35.7 Å². The van der Waals surface area contributed by atoms with Gasteiger partial charge in [0.25, 0.3) is 0 Å². The molecule has 1 aliphatic heterocycles. The van der Waals surface area contributed by atoms with Gasteiger partial charge in [0.2, 0.25) is 0 Å². The molecule has 1 saturated heterocycles. The first-order chi connectivity index (χ1) is 6.86. The normalized spacial score (nSPS) is 22.6. The van der Waals surface area contributed by atoms with Crippen molar-refractivity contribution in [2.75, 3.05) is 16.6 Å². The van der Waals surface area contributed by atoms with E-state index in [-0.39, 0.29) is 0 Å². The van der Waals surface area contributed by atoms with Crippen LogP contribution in [-0.2, 0) is 10.9 Å². The summed E-state index contributed by atoms with van der Waals surface area (Å²) in [5.74, 6) is 2.90. The van der Waals surface area contributed by atoms with E-state index in [4.69, 9.17) is 0 Å². The molecular weight excluding hydrogens is 212 g/mol. The quantitative estimate of drug-likeness (QED) is 0.617. The lowest BCUT2D eigenvalue weighted by Crippen LogP contribution is -2.00. The smallest absolute Gasteiger partial charge is 0.170 e. The second-order valence-electron chi connectivity index (χ2n) is 3.14. The maximum Gasteiger partial charge on any atom is 0.170 e. The summed E-state index contributed by atoms with van der Waals surface area (Å²) in [4.78, 5) is 0. The van der Waals surface area contributed by atoms with Gasteiger partial charge in [-0.25, -0.2) is 0 Å². The summed E-state index contributed by atoms with van der Waals surface area (Å²) in [6.07, 6.45) is 0. The number of aliphatic hydroxyl groups is 1. The van der Waals surface area contributed by atoms with Crippen LogP contribution >= 0.6 is 11.8 Å². The predicted molar refractivity (Wildman–Crippen MR) is 66.6 cm³/mol. The molecule has 0 spiro atoms. The molecule has 0 saturated carbocycles. The van der Waals surface area contributed by atoms with Crippen LogP contribution in [0.25, 0.3) is 5.76 Å². The Balaban J connectivity index is 2.10. The number of rotatable bonds is 2. The van der Waals surface area contributed by atoms with Crippen LogP contribution in [0.3, 0.4) is 0 Å². The zero-order valence-electron chi connectivity index (χ0n) is 7.85. The highest BCUT2D eigenvalue weighted by atomic mass is 32.2. The third kappa shape index (κ3) is 2.49. The zero-order valence-corrected chi connectivity index (χ0v) is 9.48. The highest BCUT2D eigenvalue weighted by Crippen LogP contribution is 2.22. The summed E-state index contributed by atoms with van der Waals surface area (Å²) in [7, 11) is 0.293. The lowest BCUT2D eigenvalue weighted by molar-refractivity contribution is 0.513. The second-order valence-corrected chi connectivity index (χ2v) is 6.61. The average molecular weight is 225 g/mol. The Morgan fingerprint density at radius 2 is 2.14 bits per heavy atom. The van der Waals surface area contributed by atoms with Crippen LogP contribution in [-0.4, -0.2) is 21.7 Å². The van der Waals surface area contributed by atoms with Gasteiger partial charge in [0.15, 0.2) is 16.3 Å². The summed E-state index contributed by atoms with van der Waals surface area (Å²) in [6.45, 7) is 0. The fourth-order valence-electron chi connectivity index (χ4n) is 1.32. The lowest BCUT2D eigenvalue weighted by Gasteiger charge is -1.98. The van der Waals surface area contributed by atoms with Crippen LogP contribution in [0.1, 0.15) is 5.56 Å². The minimum Gasteiger partial charge on any atom is -0.503 e. The maximum atomic E-state index is 9.84. The largest absolute Gasteiger partial charge is 0.503 e. The van der Waals surface area contributed by atoms with Crippen LogP contribution in [0, 0.1) is 0 Å². The summed E-state index contributed by atoms with van der Waals surface area (Å²) in [5, 5.41) is 13.0. The van der Waals surface area contributed by atoms with Crippen molar-refractivity contribution in [1.29, 1.82) is 0 Å². The molecule has 2 rings (SSSR count). The molecule has 1 aromatic rings. The molecular formula is C11H13OS2+. The fourth-order valence-corrected chi connectivity index (χ4v) is 5.29. The van der Waals surface area contributed by atoms with E-state index in [1.165, 1.54) is 16.6 Å². The van der Waals surface area contributed by atoms with Gasteiger partial charge in [0.05, 0.1) is 0 Å². The molecule has 1 unspecified atom stereocenters. The molecule has 0 aliphatic carbocycles. The molecule has 0 amide bonds. The van der Waals surface area contributed by atoms with E-state index in [0.29, 0.717) is 16.7 Å². The molecule has 3 heteroatoms. The predicted octanol–water partition coefficient (Wildman–Crippen LogP) is 2.87. The van der Waals surface area contributed by atoms with Crippen molar-refractivity contribution in [1.82, 2.24) is 0 Å². The Morgan fingerprint density at radius 1 is 1.36 bits per heavy atom. The fraction of sp³-hybridized carbons (Fsp3) is 0.273. The molecule has 0 aromatic heterocycles. The number of thioether (sulfide) groups is 1. The van der Waals surface area contributed by atoms with Gasteiger partial charge in [-0.05, 0) is 0 Å². The van der Waals surface area contributed by atoms with Crippen molar-refractivity contribution in [3.8, 4) is 0 Å². The molecule has 1 nitrogen and oxygen atoms in total. The minimum absolute atomic E-state index is 0.293. The molecule has 1 aromatic carbocycles. The highest BCUT2D eigenvalue weighted by molar-refractivity contribution is 8.18. The maximum absolute atomic E-state index is 9.84. The Morgan fingerprint density at radius 3 is 2.79 bits per heavy atom. The standard InChI is InChI=1S/C11H12OS2/c12-11(8-14-7-6-13-9-14)10-4-2-1-3-5-10/h1-5,8H,6-7,9H2/p+1/b11-8+. The van der Waals surface area contributed by atoms with E-state index in [1.54, 1.807) is 0 Å². The lowest BCUT2D eigenvalue weighted by atomic mass is 10.2. The third-order valence-corrected chi connectivity index (χ3v) is 5.99. The van der Waals surface area contributed by atoms with Crippen molar-refractivity contribution >= 4 is 28.4 Å². The Labute approximate surface area is 91.6 Å². The van der Waals surface area contributed by atoms with Crippen molar-refractivity contribution < 1.29 is 5.11 Å². The molecule has 1 fully saturated rings. The van der Waals surface area contributed by atoms with Gasteiger partial charge >= 0.3 is 0 Å². The van der Waals surface area contributed by atoms with Crippen LogP contribution in [0.5, 0.6) is 0 Å². The SMILES string of the molecule is O/C(=C/[S+]1CCSC1)c1ccccc1. The van der Waals surface area contributed by atoms with E-state index in [1.807, 2.05) is 47.5 Å². The molecule has 1 atom stereocenters. The van der Waals surface area contributed by atoms with Gasteiger partial charge < -0.3 is 5.11 Å². The van der Waals surface area contributed by atoms with Gasteiger partial charge in [0.1, 0.15) is 5.75 Å². The highest BCUT2D eigenvalue weighted by Gasteiger charge is 2.23. The topological polar surface area (TPSA) is 20.2 Å². The van der Waals surface area contributed by atoms with E-state index < -0.39 is 0 Å². The first-order valence-corrected chi connectivity index (χ1v) is 7.34. The van der Waals surface area contributed by atoms with E-state index in [0.717, 1.165) is 5.56 Å². The molecule has 1 aliphatic rings. The van der Waals surface area contributed by atoms with Gasteiger partial charge in [-0.1, -0.05) is 30.3 Å². The summed E-state index contributed by atoms with van der Waals surface area (Å²) in [6, 6.07) is 9.75. The number of hydrogen-bond donors (Lipinski definition) is 1. The summed E-state index contributed by atoms with van der Waals surface area (Å²) < 4.78 is 0. The van der Waals surface area contributed by atoms with Crippen molar-refractivity contribution in [2.45, 2.75) is 0 Å². The van der Waals surface area contributed by atoms with Crippen molar-refractivity contribution in [3.05, 3.63) is 41.3 Å². The van der Waals surface area contributed by atoms with Crippen molar-refractivity contribution in [2.24, 2.45) is 0 Å². The van der Waals surface area contributed by atoms with E-state index in [9.17, 15) is 5.11 Å². The van der Waals surface area contributed by atoms with Crippen LogP contribution in [0.4, 0.5) is 0 Å². The zero-order chi connectivity index (χ0) is 9.80. The molecule has 74 valence electrons. The molecule has 0 radical (unpaired) electrons. The monoisotopic (exact) mass is 225 g/mol. The first kappa shape index (κ1) is 9.99. The molecule has 1 heterocycles. The van der Waals surface area contributed by atoms with Gasteiger partial charge in [-0.2, -0.15) is 0 Å². The third-order valence-electron chi connectivity index (χ3n) is 2.07. The van der Waals surface area contributed by atoms with Crippen molar-refractivity contribution in [3.63, 3.8) is 0 Å². The number of hydrogen-bond acceptors (Lipinski definition) is 2. The summed E-state index contributed by atoms with van der Waals surface area (Å²) >= 11 is 1.98. The Kier molecular flexibility index (Phi) is 3.43. The van der Waals surface area contributed by atoms with Gasteiger partial charge in [0, 0.05) is 22.2 Å². The molecule has 14 heavy (non-hydrogen) atoms. The van der Waals surface area contributed by atoms with Crippen LogP contribution in [0.2, 0.25) is 0 Å². The van der Waals surface area contributed by atoms with Crippen LogP contribution < -0.4 is 0 Å². The number of benzene rings is 1. The average Bonchev–Trinajstić information content (AvgIpc) is 2.72. The first-order valence-electron chi connectivity index (χ1n) is 4.56. The Bertz CT molecular complexity index is 315. The summed E-state index contributed by atoms with van der Waals surface area (Å²) in [5.41, 5.74) is 0.928. The van der Waals surface area contributed by atoms with E-state index in [2.05, 4.69) is 0 Å². The Hall–Kier alpha value is -0.540. The minimum atomic E-state index is 0.293. The molecule has 1 N–H and O–H groups in total. The number of aliphatic hydroxyl groups excluding tert-OH is 1. The molecule has 0 bridgehead atoms. The van der Waals surface area contributed by atoms with Gasteiger partial charge in [-0.3, -0.25) is 0 Å². The van der Waals surface area contributed by atoms with Gasteiger partial charge in [-0.15, -0.1) is 11.8 Å².